The number of carbonyl (C=O) groups excluding carboxylic acids is 1. The average molecular weight is 323 g/mol. The third kappa shape index (κ3) is 4.57. The number of hydrogen-bond donors (Lipinski definition) is 2. The van der Waals surface area contributed by atoms with Crippen molar-refractivity contribution in [3.63, 3.8) is 0 Å². The average Bonchev–Trinajstić information content (AvgIpc) is 2.84. The summed E-state index contributed by atoms with van der Waals surface area (Å²) >= 11 is 0. The van der Waals surface area contributed by atoms with Gasteiger partial charge >= 0.3 is 0 Å². The number of anilines is 2. The minimum atomic E-state index is -0.176. The standard InChI is InChI=1S/C20H25N3O/c1-15-7-6-10-17(13-15)23-20(24)19-14-18(11-12-21-19)22-16-8-4-2-3-5-9-16/h6-7,10-14,16H,2-5,8-9H2,1H3,(H,21,22)(H,23,24). The highest BCUT2D eigenvalue weighted by Crippen LogP contribution is 2.21. The number of benzene rings is 1. The third-order valence-electron chi connectivity index (χ3n) is 4.49. The van der Waals surface area contributed by atoms with Crippen LogP contribution >= 0.6 is 0 Å². The van der Waals surface area contributed by atoms with Crippen molar-refractivity contribution in [1.29, 1.82) is 0 Å². The van der Waals surface area contributed by atoms with E-state index in [4.69, 9.17) is 0 Å². The summed E-state index contributed by atoms with van der Waals surface area (Å²) in [4.78, 5) is 16.6. The number of carbonyl (C=O) groups is 1. The molecule has 1 aliphatic carbocycles. The first-order valence-corrected chi connectivity index (χ1v) is 8.81. The van der Waals surface area contributed by atoms with Gasteiger partial charge in [0.25, 0.3) is 5.91 Å². The SMILES string of the molecule is Cc1cccc(NC(=O)c2cc(NC3CCCCCC3)ccn2)c1. The zero-order valence-electron chi connectivity index (χ0n) is 14.2. The van der Waals surface area contributed by atoms with Gasteiger partial charge in [-0.1, -0.05) is 37.8 Å². The molecule has 1 aromatic carbocycles. The molecular weight excluding hydrogens is 298 g/mol. The second kappa shape index (κ2) is 7.95. The number of amides is 1. The number of nitrogens with zero attached hydrogens (tertiary/aromatic N) is 1. The maximum atomic E-state index is 12.4. The Bertz CT molecular complexity index is 691. The van der Waals surface area contributed by atoms with Gasteiger partial charge in [0.1, 0.15) is 5.69 Å². The summed E-state index contributed by atoms with van der Waals surface area (Å²) in [6.45, 7) is 2.01. The normalized spacial score (nSPS) is 15.5. The minimum Gasteiger partial charge on any atom is -0.382 e. The Morgan fingerprint density at radius 3 is 2.58 bits per heavy atom. The van der Waals surface area contributed by atoms with Crippen molar-refractivity contribution >= 4 is 17.3 Å². The maximum absolute atomic E-state index is 12.4. The molecule has 0 bridgehead atoms. The predicted molar refractivity (Wildman–Crippen MR) is 98.5 cm³/mol. The smallest absolute Gasteiger partial charge is 0.274 e. The van der Waals surface area contributed by atoms with Gasteiger partial charge in [-0.05, 0) is 49.6 Å². The molecule has 1 amide bonds. The fourth-order valence-corrected chi connectivity index (χ4v) is 3.22. The van der Waals surface area contributed by atoms with Crippen LogP contribution in [-0.4, -0.2) is 16.9 Å². The molecule has 0 unspecified atom stereocenters. The molecule has 1 aromatic heterocycles. The molecular formula is C20H25N3O. The van der Waals surface area contributed by atoms with Gasteiger partial charge in [-0.25, -0.2) is 0 Å². The van der Waals surface area contributed by atoms with E-state index in [0.29, 0.717) is 11.7 Å². The van der Waals surface area contributed by atoms with Gasteiger partial charge in [0.15, 0.2) is 0 Å². The lowest BCUT2D eigenvalue weighted by molar-refractivity contribution is 0.102. The summed E-state index contributed by atoms with van der Waals surface area (Å²) in [6.07, 6.45) is 9.33. The molecule has 3 rings (SSSR count). The Hall–Kier alpha value is -2.36. The van der Waals surface area contributed by atoms with Crippen LogP contribution in [0.4, 0.5) is 11.4 Å². The molecule has 2 aromatic rings. The largest absolute Gasteiger partial charge is 0.382 e. The first-order valence-electron chi connectivity index (χ1n) is 8.81. The quantitative estimate of drug-likeness (QED) is 0.796. The van der Waals surface area contributed by atoms with Crippen LogP contribution in [0.5, 0.6) is 0 Å². The Kier molecular flexibility index (Phi) is 5.47. The number of nitrogens with one attached hydrogen (secondary N) is 2. The zero-order valence-corrected chi connectivity index (χ0v) is 14.2. The van der Waals surface area contributed by atoms with Gasteiger partial charge in [0.2, 0.25) is 0 Å². The highest BCUT2D eigenvalue weighted by Gasteiger charge is 2.13. The first kappa shape index (κ1) is 16.5. The van der Waals surface area contributed by atoms with Crippen LogP contribution in [0.3, 0.4) is 0 Å². The van der Waals surface area contributed by atoms with Crippen molar-refractivity contribution in [1.82, 2.24) is 4.98 Å². The fourth-order valence-electron chi connectivity index (χ4n) is 3.22. The Balaban J connectivity index is 1.66. The maximum Gasteiger partial charge on any atom is 0.274 e. The highest BCUT2D eigenvalue weighted by molar-refractivity contribution is 6.03. The monoisotopic (exact) mass is 323 g/mol. The van der Waals surface area contributed by atoms with E-state index in [1.807, 2.05) is 43.3 Å². The van der Waals surface area contributed by atoms with Crippen LogP contribution in [-0.2, 0) is 0 Å². The van der Waals surface area contributed by atoms with Crippen molar-refractivity contribution in [2.45, 2.75) is 51.5 Å². The number of aryl methyl sites for hydroxylation is 1. The van der Waals surface area contributed by atoms with Crippen LogP contribution in [0.2, 0.25) is 0 Å². The van der Waals surface area contributed by atoms with Crippen molar-refractivity contribution < 1.29 is 4.79 Å². The van der Waals surface area contributed by atoms with E-state index in [2.05, 4.69) is 15.6 Å². The zero-order chi connectivity index (χ0) is 16.8. The van der Waals surface area contributed by atoms with Crippen LogP contribution in [0.25, 0.3) is 0 Å². The summed E-state index contributed by atoms with van der Waals surface area (Å²) in [5, 5.41) is 6.48. The van der Waals surface area contributed by atoms with E-state index in [9.17, 15) is 4.79 Å². The molecule has 4 heteroatoms. The molecule has 1 fully saturated rings. The number of hydrogen-bond acceptors (Lipinski definition) is 3. The summed E-state index contributed by atoms with van der Waals surface area (Å²) in [5.74, 6) is -0.176. The second-order valence-corrected chi connectivity index (χ2v) is 6.59. The van der Waals surface area contributed by atoms with Crippen molar-refractivity contribution in [2.75, 3.05) is 10.6 Å². The molecule has 0 radical (unpaired) electrons. The summed E-state index contributed by atoms with van der Waals surface area (Å²) in [5.41, 5.74) is 3.33. The van der Waals surface area contributed by atoms with E-state index in [-0.39, 0.29) is 5.91 Å². The molecule has 2 N–H and O–H groups in total. The molecule has 1 saturated carbocycles. The molecule has 0 spiro atoms. The molecule has 0 atom stereocenters. The summed E-state index contributed by atoms with van der Waals surface area (Å²) in [6, 6.07) is 12.1. The van der Waals surface area contributed by atoms with Gasteiger partial charge in [0, 0.05) is 23.6 Å². The fraction of sp³-hybridized carbons (Fsp3) is 0.400. The highest BCUT2D eigenvalue weighted by atomic mass is 16.1. The molecule has 24 heavy (non-hydrogen) atoms. The molecule has 1 heterocycles. The first-order chi connectivity index (χ1) is 11.7. The van der Waals surface area contributed by atoms with Crippen LogP contribution < -0.4 is 10.6 Å². The minimum absolute atomic E-state index is 0.176. The topological polar surface area (TPSA) is 54.0 Å². The molecule has 4 nitrogen and oxygen atoms in total. The Morgan fingerprint density at radius 2 is 1.83 bits per heavy atom. The van der Waals surface area contributed by atoms with Crippen LogP contribution in [0.15, 0.2) is 42.6 Å². The third-order valence-corrected chi connectivity index (χ3v) is 4.49. The van der Waals surface area contributed by atoms with Crippen LogP contribution in [0, 0.1) is 6.92 Å². The number of rotatable bonds is 4. The van der Waals surface area contributed by atoms with E-state index in [1.54, 1.807) is 6.20 Å². The summed E-state index contributed by atoms with van der Waals surface area (Å²) in [7, 11) is 0. The van der Waals surface area contributed by atoms with Gasteiger partial charge in [-0.2, -0.15) is 0 Å². The Labute approximate surface area is 143 Å². The van der Waals surface area contributed by atoms with E-state index < -0.39 is 0 Å². The molecule has 126 valence electrons. The second-order valence-electron chi connectivity index (χ2n) is 6.59. The van der Waals surface area contributed by atoms with Crippen molar-refractivity contribution in [2.24, 2.45) is 0 Å². The van der Waals surface area contributed by atoms with Gasteiger partial charge in [-0.3, -0.25) is 9.78 Å². The van der Waals surface area contributed by atoms with E-state index >= 15 is 0 Å². The van der Waals surface area contributed by atoms with Crippen LogP contribution in [0.1, 0.15) is 54.6 Å². The predicted octanol–water partition coefficient (Wildman–Crippen LogP) is 4.78. The van der Waals surface area contributed by atoms with Gasteiger partial charge in [0.05, 0.1) is 0 Å². The van der Waals surface area contributed by atoms with Crippen molar-refractivity contribution in [3.05, 3.63) is 53.9 Å². The van der Waals surface area contributed by atoms with Crippen molar-refractivity contribution in [3.8, 4) is 0 Å². The lowest BCUT2D eigenvalue weighted by Gasteiger charge is -2.18. The summed E-state index contributed by atoms with van der Waals surface area (Å²) < 4.78 is 0. The molecule has 0 saturated heterocycles. The lowest BCUT2D eigenvalue weighted by atomic mass is 10.1. The van der Waals surface area contributed by atoms with E-state index in [0.717, 1.165) is 16.9 Å². The number of aromatic nitrogens is 1. The van der Waals surface area contributed by atoms with Gasteiger partial charge < -0.3 is 10.6 Å². The Morgan fingerprint density at radius 1 is 1.04 bits per heavy atom. The molecule has 1 aliphatic rings. The lowest BCUT2D eigenvalue weighted by Crippen LogP contribution is -2.19. The number of pyridine rings is 1. The van der Waals surface area contributed by atoms with E-state index in [1.165, 1.54) is 38.5 Å². The molecule has 0 aliphatic heterocycles. The van der Waals surface area contributed by atoms with Gasteiger partial charge in [-0.15, -0.1) is 0 Å².